The van der Waals surface area contributed by atoms with Crippen molar-refractivity contribution < 1.29 is 14.7 Å². The Kier molecular flexibility index (Phi) is 5.31. The first kappa shape index (κ1) is 17.4. The Hall–Kier alpha value is -2.44. The van der Waals surface area contributed by atoms with Gasteiger partial charge in [0.2, 0.25) is 5.91 Å². The predicted molar refractivity (Wildman–Crippen MR) is 93.0 cm³/mol. The largest absolute Gasteiger partial charge is 0.391 e. The van der Waals surface area contributed by atoms with Crippen LogP contribution in [0.15, 0.2) is 48.7 Å². The molecule has 1 aromatic carbocycles. The summed E-state index contributed by atoms with van der Waals surface area (Å²) >= 11 is 5.84. The molecule has 2 unspecified atom stereocenters. The first-order valence-electron chi connectivity index (χ1n) is 7.97. The number of halogens is 1. The van der Waals surface area contributed by atoms with E-state index >= 15 is 0 Å². The summed E-state index contributed by atoms with van der Waals surface area (Å²) in [6.45, 7) is 0.447. The highest BCUT2D eigenvalue weighted by atomic mass is 35.5. The minimum absolute atomic E-state index is 0.119. The van der Waals surface area contributed by atoms with E-state index in [-0.39, 0.29) is 30.5 Å². The van der Waals surface area contributed by atoms with Crippen molar-refractivity contribution >= 4 is 23.4 Å². The molecule has 1 aliphatic rings. The van der Waals surface area contributed by atoms with Gasteiger partial charge in [0, 0.05) is 30.7 Å². The molecule has 7 heteroatoms. The fourth-order valence-electron chi connectivity index (χ4n) is 2.83. The molecular formula is C18H18ClN3O3. The Morgan fingerprint density at radius 1 is 1.24 bits per heavy atom. The number of aliphatic hydroxyl groups is 1. The summed E-state index contributed by atoms with van der Waals surface area (Å²) in [5, 5.41) is 13.4. The number of nitrogens with zero attached hydrogens (tertiary/aromatic N) is 2. The highest BCUT2D eigenvalue weighted by Crippen LogP contribution is 2.20. The first-order chi connectivity index (χ1) is 12.0. The van der Waals surface area contributed by atoms with Gasteiger partial charge in [-0.05, 0) is 29.8 Å². The highest BCUT2D eigenvalue weighted by molar-refractivity contribution is 6.30. The van der Waals surface area contributed by atoms with Crippen molar-refractivity contribution in [1.29, 1.82) is 0 Å². The topological polar surface area (TPSA) is 82.5 Å². The molecule has 2 amide bonds. The van der Waals surface area contributed by atoms with Gasteiger partial charge in [0.05, 0.1) is 6.10 Å². The van der Waals surface area contributed by atoms with Crippen molar-refractivity contribution in [3.05, 3.63) is 64.9 Å². The third-order valence-electron chi connectivity index (χ3n) is 4.11. The van der Waals surface area contributed by atoms with Crippen LogP contribution in [0, 0.1) is 0 Å². The fraction of sp³-hybridized carbons (Fsp3) is 0.278. The number of pyridine rings is 1. The molecule has 1 aromatic heterocycles. The average Bonchev–Trinajstić information content (AvgIpc) is 3.03. The van der Waals surface area contributed by atoms with Gasteiger partial charge < -0.3 is 15.3 Å². The quantitative estimate of drug-likeness (QED) is 0.869. The highest BCUT2D eigenvalue weighted by Gasteiger charge is 2.39. The molecule has 0 saturated carbocycles. The SMILES string of the molecule is O=C(NCc1ccc(Cl)cc1)C1CC(O)CN1C(=O)c1ccccn1. The number of benzene rings is 1. The van der Waals surface area contributed by atoms with Crippen LogP contribution >= 0.6 is 11.6 Å². The summed E-state index contributed by atoms with van der Waals surface area (Å²) in [7, 11) is 0. The lowest BCUT2D eigenvalue weighted by atomic mass is 10.1. The molecule has 1 saturated heterocycles. The number of aliphatic hydroxyl groups excluding tert-OH is 1. The van der Waals surface area contributed by atoms with Crippen molar-refractivity contribution in [2.24, 2.45) is 0 Å². The van der Waals surface area contributed by atoms with Crippen LogP contribution in [-0.4, -0.2) is 45.5 Å². The average molecular weight is 360 g/mol. The fourth-order valence-corrected chi connectivity index (χ4v) is 2.96. The molecule has 0 aliphatic carbocycles. The molecule has 2 atom stereocenters. The Labute approximate surface area is 150 Å². The second-order valence-electron chi connectivity index (χ2n) is 5.92. The number of β-amino-alcohol motifs (C(OH)–C–C–N with tert-alkyl or cyclic N) is 1. The summed E-state index contributed by atoms with van der Waals surface area (Å²) < 4.78 is 0. The minimum atomic E-state index is -0.723. The molecule has 0 radical (unpaired) electrons. The van der Waals surface area contributed by atoms with Crippen molar-refractivity contribution in [2.75, 3.05) is 6.54 Å². The third kappa shape index (κ3) is 4.15. The van der Waals surface area contributed by atoms with Crippen LogP contribution in [0.4, 0.5) is 0 Å². The summed E-state index contributed by atoms with van der Waals surface area (Å²) in [4.78, 5) is 30.5. The lowest BCUT2D eigenvalue weighted by Crippen LogP contribution is -2.46. The van der Waals surface area contributed by atoms with Crippen molar-refractivity contribution in [3.63, 3.8) is 0 Å². The summed E-state index contributed by atoms with van der Waals surface area (Å²) in [6, 6.07) is 11.4. The number of likely N-dealkylation sites (tertiary alicyclic amines) is 1. The molecule has 2 N–H and O–H groups in total. The Morgan fingerprint density at radius 3 is 2.68 bits per heavy atom. The molecule has 130 valence electrons. The zero-order chi connectivity index (χ0) is 17.8. The van der Waals surface area contributed by atoms with E-state index in [0.717, 1.165) is 5.56 Å². The number of amides is 2. The maximum Gasteiger partial charge on any atom is 0.273 e. The van der Waals surface area contributed by atoms with E-state index in [9.17, 15) is 14.7 Å². The van der Waals surface area contributed by atoms with E-state index in [1.165, 1.54) is 11.1 Å². The lowest BCUT2D eigenvalue weighted by Gasteiger charge is -2.23. The van der Waals surface area contributed by atoms with Gasteiger partial charge in [0.15, 0.2) is 0 Å². The van der Waals surface area contributed by atoms with Gasteiger partial charge in [-0.15, -0.1) is 0 Å². The monoisotopic (exact) mass is 359 g/mol. The van der Waals surface area contributed by atoms with E-state index in [4.69, 9.17) is 11.6 Å². The molecule has 1 fully saturated rings. The summed E-state index contributed by atoms with van der Waals surface area (Å²) in [5.41, 5.74) is 1.16. The van der Waals surface area contributed by atoms with E-state index in [0.29, 0.717) is 11.6 Å². The van der Waals surface area contributed by atoms with Gasteiger partial charge in [0.1, 0.15) is 11.7 Å². The van der Waals surface area contributed by atoms with Gasteiger partial charge in [-0.1, -0.05) is 29.8 Å². The van der Waals surface area contributed by atoms with Crippen LogP contribution < -0.4 is 5.32 Å². The van der Waals surface area contributed by atoms with Crippen molar-refractivity contribution in [2.45, 2.75) is 25.1 Å². The van der Waals surface area contributed by atoms with E-state index in [1.807, 2.05) is 12.1 Å². The maximum atomic E-state index is 12.6. The molecule has 1 aliphatic heterocycles. The van der Waals surface area contributed by atoms with Crippen LogP contribution in [0.1, 0.15) is 22.5 Å². The van der Waals surface area contributed by atoms with Gasteiger partial charge in [-0.3, -0.25) is 14.6 Å². The van der Waals surface area contributed by atoms with Crippen molar-refractivity contribution in [1.82, 2.24) is 15.2 Å². The Morgan fingerprint density at radius 2 is 2.00 bits per heavy atom. The van der Waals surface area contributed by atoms with E-state index < -0.39 is 12.1 Å². The molecule has 2 aromatic rings. The van der Waals surface area contributed by atoms with Gasteiger partial charge in [-0.2, -0.15) is 0 Å². The maximum absolute atomic E-state index is 12.6. The lowest BCUT2D eigenvalue weighted by molar-refractivity contribution is -0.125. The number of carbonyl (C=O) groups is 2. The van der Waals surface area contributed by atoms with Gasteiger partial charge >= 0.3 is 0 Å². The molecule has 6 nitrogen and oxygen atoms in total. The normalized spacial score (nSPS) is 19.7. The molecule has 2 heterocycles. The van der Waals surface area contributed by atoms with Gasteiger partial charge in [-0.25, -0.2) is 0 Å². The van der Waals surface area contributed by atoms with Crippen LogP contribution in [0.25, 0.3) is 0 Å². The number of hydrogen-bond acceptors (Lipinski definition) is 4. The molecule has 3 rings (SSSR count). The number of rotatable bonds is 4. The molecule has 0 spiro atoms. The number of carbonyl (C=O) groups excluding carboxylic acids is 2. The molecule has 0 bridgehead atoms. The van der Waals surface area contributed by atoms with E-state index in [2.05, 4.69) is 10.3 Å². The number of aromatic nitrogens is 1. The minimum Gasteiger partial charge on any atom is -0.391 e. The Bertz CT molecular complexity index is 752. The third-order valence-corrected chi connectivity index (χ3v) is 4.36. The van der Waals surface area contributed by atoms with Crippen LogP contribution in [0.2, 0.25) is 5.02 Å². The van der Waals surface area contributed by atoms with Crippen molar-refractivity contribution in [3.8, 4) is 0 Å². The second-order valence-corrected chi connectivity index (χ2v) is 6.36. The number of hydrogen-bond donors (Lipinski definition) is 2. The Balaban J connectivity index is 1.67. The molecular weight excluding hydrogens is 342 g/mol. The standard InChI is InChI=1S/C18H18ClN3O3/c19-13-6-4-12(5-7-13)10-21-17(24)16-9-14(23)11-22(16)18(25)15-3-1-2-8-20-15/h1-8,14,16,23H,9-11H2,(H,21,24). The number of nitrogens with one attached hydrogen (secondary N) is 1. The van der Waals surface area contributed by atoms with Crippen LogP contribution in [0.3, 0.4) is 0 Å². The smallest absolute Gasteiger partial charge is 0.273 e. The zero-order valence-corrected chi connectivity index (χ0v) is 14.2. The van der Waals surface area contributed by atoms with Gasteiger partial charge in [0.25, 0.3) is 5.91 Å². The van der Waals surface area contributed by atoms with Crippen LogP contribution in [-0.2, 0) is 11.3 Å². The molecule has 25 heavy (non-hydrogen) atoms. The second kappa shape index (κ2) is 7.63. The first-order valence-corrected chi connectivity index (χ1v) is 8.34. The zero-order valence-electron chi connectivity index (χ0n) is 13.4. The van der Waals surface area contributed by atoms with E-state index in [1.54, 1.807) is 30.3 Å². The van der Waals surface area contributed by atoms with Crippen LogP contribution in [0.5, 0.6) is 0 Å². The predicted octanol–water partition coefficient (Wildman–Crippen LogP) is 1.63. The summed E-state index contributed by atoms with van der Waals surface area (Å²) in [5.74, 6) is -0.653. The summed E-state index contributed by atoms with van der Waals surface area (Å²) in [6.07, 6.45) is 1.01.